The number of pyridine rings is 1. The first-order valence-corrected chi connectivity index (χ1v) is 5.86. The lowest BCUT2D eigenvalue weighted by atomic mass is 9.95. The molecule has 1 aliphatic heterocycles. The van der Waals surface area contributed by atoms with Gasteiger partial charge in [-0.1, -0.05) is 17.6 Å². The summed E-state index contributed by atoms with van der Waals surface area (Å²) in [5.74, 6) is 0. The van der Waals surface area contributed by atoms with E-state index >= 15 is 0 Å². The van der Waals surface area contributed by atoms with Crippen molar-refractivity contribution in [3.8, 4) is 0 Å². The number of rotatable bonds is 2. The lowest BCUT2D eigenvalue weighted by molar-refractivity contribution is -0.0522. The van der Waals surface area contributed by atoms with E-state index in [-0.39, 0.29) is 11.8 Å². The van der Waals surface area contributed by atoms with Gasteiger partial charge in [-0.2, -0.15) is 0 Å². The van der Waals surface area contributed by atoms with Gasteiger partial charge < -0.3 is 14.0 Å². The highest BCUT2D eigenvalue weighted by Gasteiger charge is 2.17. The minimum absolute atomic E-state index is 0.0767. The molecule has 3 rings (SSSR count). The first kappa shape index (κ1) is 11.5. The molecule has 1 aromatic carbocycles. The second kappa shape index (κ2) is 4.59. The molecule has 5 heteroatoms. The second-order valence-corrected chi connectivity index (χ2v) is 4.27. The van der Waals surface area contributed by atoms with Gasteiger partial charge in [-0.05, 0) is 17.5 Å². The van der Waals surface area contributed by atoms with Crippen molar-refractivity contribution < 1.29 is 9.47 Å². The van der Waals surface area contributed by atoms with Crippen LogP contribution in [0.5, 0.6) is 0 Å². The van der Waals surface area contributed by atoms with Crippen molar-refractivity contribution in [2.45, 2.75) is 12.8 Å². The number of hydrogen-bond donors (Lipinski definition) is 0. The smallest absolute Gasteiger partial charge is 0.251 e. The van der Waals surface area contributed by atoms with Gasteiger partial charge in [0.15, 0.2) is 6.29 Å². The van der Waals surface area contributed by atoms with Gasteiger partial charge in [-0.3, -0.25) is 4.79 Å². The average molecular weight is 241 g/mol. The molecule has 0 N–H and O–H groups in total. The third kappa shape index (κ3) is 2.07. The monoisotopic (exact) mass is 241 g/mol. The summed E-state index contributed by atoms with van der Waals surface area (Å²) in [4.78, 5) is 11.9. The van der Waals surface area contributed by atoms with Gasteiger partial charge in [-0.15, -0.1) is 0 Å². The van der Waals surface area contributed by atoms with E-state index in [1.807, 2.05) is 12.1 Å². The Bertz CT molecular complexity index is 632. The van der Waals surface area contributed by atoms with E-state index in [9.17, 15) is 4.79 Å². The summed E-state index contributed by atoms with van der Waals surface area (Å²) >= 11 is 0. The first-order valence-electron chi connectivity index (χ1n) is 5.86. The van der Waals surface area contributed by atoms with Crippen LogP contribution in [0.4, 0.5) is 0 Å². The number of hydrogen-bond acceptors (Lipinski definition) is 3. The Hall–Kier alpha value is -1.59. The molecule has 4 nitrogen and oxygen atoms in total. The van der Waals surface area contributed by atoms with Crippen molar-refractivity contribution in [3.63, 3.8) is 0 Å². The van der Waals surface area contributed by atoms with Gasteiger partial charge in [0.05, 0.1) is 25.3 Å². The van der Waals surface area contributed by atoms with E-state index in [4.69, 9.17) is 17.3 Å². The minimum Gasteiger partial charge on any atom is -0.348 e. The van der Waals surface area contributed by atoms with E-state index < -0.39 is 0 Å². The number of benzene rings is 1. The Kier molecular flexibility index (Phi) is 2.93. The molecular weight excluding hydrogens is 229 g/mol. The van der Waals surface area contributed by atoms with Crippen molar-refractivity contribution in [1.29, 1.82) is 0 Å². The normalized spacial score (nSPS) is 16.4. The van der Waals surface area contributed by atoms with Gasteiger partial charge >= 0.3 is 0 Å². The lowest BCUT2D eigenvalue weighted by Crippen LogP contribution is -2.27. The Balaban J connectivity index is 2.10. The molecule has 0 amide bonds. The molecule has 0 aliphatic carbocycles. The van der Waals surface area contributed by atoms with Crippen LogP contribution in [0.15, 0.2) is 35.1 Å². The highest BCUT2D eigenvalue weighted by atomic mass is 16.7. The quantitative estimate of drug-likeness (QED) is 0.703. The summed E-state index contributed by atoms with van der Waals surface area (Å²) in [6, 6.07) is 8.86. The van der Waals surface area contributed by atoms with Crippen molar-refractivity contribution in [1.82, 2.24) is 4.57 Å². The molecule has 0 spiro atoms. The van der Waals surface area contributed by atoms with Crippen LogP contribution in [0, 0.1) is 0 Å². The van der Waals surface area contributed by atoms with Crippen molar-refractivity contribution in [3.05, 3.63) is 40.7 Å². The maximum Gasteiger partial charge on any atom is 0.251 e. The van der Waals surface area contributed by atoms with Gasteiger partial charge in [0.25, 0.3) is 5.56 Å². The van der Waals surface area contributed by atoms with Crippen LogP contribution in [0.1, 0.15) is 0 Å². The summed E-state index contributed by atoms with van der Waals surface area (Å²) < 4.78 is 12.4. The van der Waals surface area contributed by atoms with Crippen molar-refractivity contribution in [2.24, 2.45) is 0 Å². The van der Waals surface area contributed by atoms with Crippen LogP contribution in [-0.2, 0) is 16.0 Å². The number of aromatic nitrogens is 1. The summed E-state index contributed by atoms with van der Waals surface area (Å²) in [5, 5.41) is 0.974. The predicted molar refractivity (Wildman–Crippen MR) is 69.3 cm³/mol. The Morgan fingerprint density at radius 1 is 1.22 bits per heavy atom. The summed E-state index contributed by atoms with van der Waals surface area (Å²) in [5.41, 5.74) is 1.36. The lowest BCUT2D eigenvalue weighted by Gasteiger charge is -2.14. The highest BCUT2D eigenvalue weighted by Crippen LogP contribution is 2.12. The average Bonchev–Trinajstić information content (AvgIpc) is 2.86. The minimum atomic E-state index is -0.352. The molecule has 1 aromatic heterocycles. The molecule has 0 atom stereocenters. The SMILES string of the molecule is [B]c1ccc2ccc(=O)n(CC3OCCO3)c2c1. The Morgan fingerprint density at radius 2 is 1.94 bits per heavy atom. The van der Waals surface area contributed by atoms with E-state index in [0.717, 1.165) is 10.9 Å². The first-order chi connectivity index (χ1) is 8.74. The maximum atomic E-state index is 11.9. The highest BCUT2D eigenvalue weighted by molar-refractivity contribution is 6.33. The number of nitrogens with zero attached hydrogens (tertiary/aromatic N) is 1. The van der Waals surface area contributed by atoms with Crippen molar-refractivity contribution in [2.75, 3.05) is 13.2 Å². The molecule has 0 unspecified atom stereocenters. The van der Waals surface area contributed by atoms with Crippen LogP contribution in [0.2, 0.25) is 0 Å². The fourth-order valence-electron chi connectivity index (χ4n) is 2.16. The van der Waals surface area contributed by atoms with Crippen molar-refractivity contribution >= 4 is 24.2 Å². The van der Waals surface area contributed by atoms with Crippen LogP contribution >= 0.6 is 0 Å². The number of ether oxygens (including phenoxy) is 2. The zero-order valence-corrected chi connectivity index (χ0v) is 9.83. The summed E-state index contributed by atoms with van der Waals surface area (Å²) in [6.45, 7) is 1.54. The molecule has 2 aromatic rings. The molecule has 2 radical (unpaired) electrons. The molecule has 0 bridgehead atoms. The second-order valence-electron chi connectivity index (χ2n) is 4.27. The van der Waals surface area contributed by atoms with Gasteiger partial charge in [0.1, 0.15) is 7.85 Å². The Morgan fingerprint density at radius 3 is 2.72 bits per heavy atom. The van der Waals surface area contributed by atoms with Crippen LogP contribution < -0.4 is 11.0 Å². The largest absolute Gasteiger partial charge is 0.348 e. The van der Waals surface area contributed by atoms with Gasteiger partial charge in [-0.25, -0.2) is 0 Å². The zero-order chi connectivity index (χ0) is 12.5. The van der Waals surface area contributed by atoms with Crippen LogP contribution in [0.25, 0.3) is 10.9 Å². The molecule has 1 fully saturated rings. The molecule has 0 saturated carbocycles. The molecular formula is C13H12BNO3. The van der Waals surface area contributed by atoms with Crippen LogP contribution in [-0.4, -0.2) is 31.9 Å². The fraction of sp³-hybridized carbons (Fsp3) is 0.308. The third-order valence-electron chi connectivity index (χ3n) is 3.04. The van der Waals surface area contributed by atoms with E-state index in [1.165, 1.54) is 0 Å². The molecule has 90 valence electrons. The number of fused-ring (bicyclic) bond motifs is 1. The van der Waals surface area contributed by atoms with Crippen LogP contribution in [0.3, 0.4) is 0 Å². The fourth-order valence-corrected chi connectivity index (χ4v) is 2.16. The predicted octanol–water partition coefficient (Wildman–Crippen LogP) is 0.168. The van der Waals surface area contributed by atoms with E-state index in [2.05, 4.69) is 0 Å². The Labute approximate surface area is 106 Å². The molecule has 18 heavy (non-hydrogen) atoms. The zero-order valence-electron chi connectivity index (χ0n) is 9.83. The van der Waals surface area contributed by atoms with E-state index in [1.54, 1.807) is 22.8 Å². The standard InChI is InChI=1S/C13H12BNO3/c14-10-3-1-9-2-4-12(16)15(11(9)7-10)8-13-17-5-6-18-13/h1-4,7,13H,5-6,8H2. The molecule has 2 heterocycles. The maximum absolute atomic E-state index is 11.9. The van der Waals surface area contributed by atoms with Gasteiger partial charge in [0.2, 0.25) is 0 Å². The molecule has 1 saturated heterocycles. The van der Waals surface area contributed by atoms with Gasteiger partial charge in [0, 0.05) is 6.07 Å². The summed E-state index contributed by atoms with van der Waals surface area (Å²) in [7, 11) is 5.77. The summed E-state index contributed by atoms with van der Waals surface area (Å²) in [6.07, 6.45) is -0.352. The molecule has 1 aliphatic rings. The third-order valence-corrected chi connectivity index (χ3v) is 3.04. The topological polar surface area (TPSA) is 40.5 Å². The van der Waals surface area contributed by atoms with E-state index in [0.29, 0.717) is 25.2 Å².